The Morgan fingerprint density at radius 1 is 1.33 bits per heavy atom. The Morgan fingerprint density at radius 2 is 2.00 bits per heavy atom. The normalized spacial score (nSPS) is 14.7. The van der Waals surface area contributed by atoms with E-state index in [4.69, 9.17) is 4.74 Å². The first-order chi connectivity index (χ1) is 7.20. The molecule has 0 saturated heterocycles. The number of para-hydroxylation sites is 1. The lowest BCUT2D eigenvalue weighted by Crippen LogP contribution is -2.09. The Bertz CT molecular complexity index is 298. The van der Waals surface area contributed by atoms with Gasteiger partial charge < -0.3 is 4.74 Å². The maximum absolute atomic E-state index is 5.37. The molecule has 1 nitrogen and oxygen atoms in total. The van der Waals surface area contributed by atoms with Crippen molar-refractivity contribution in [3.63, 3.8) is 0 Å². The molecule has 1 aromatic carbocycles. The van der Waals surface area contributed by atoms with Crippen LogP contribution in [0.4, 0.5) is 0 Å². The fourth-order valence-corrected chi connectivity index (χ4v) is 2.51. The Balaban J connectivity index is 2.84. The molecule has 0 radical (unpaired) electrons. The third-order valence-electron chi connectivity index (χ3n) is 2.74. The Morgan fingerprint density at radius 3 is 2.60 bits per heavy atom. The van der Waals surface area contributed by atoms with Crippen molar-refractivity contribution in [3.8, 4) is 5.75 Å². The molecule has 0 aliphatic heterocycles. The van der Waals surface area contributed by atoms with Crippen LogP contribution >= 0.6 is 15.9 Å². The largest absolute Gasteiger partial charge is 0.496 e. The predicted molar refractivity (Wildman–Crippen MR) is 69.0 cm³/mol. The molecule has 15 heavy (non-hydrogen) atoms. The van der Waals surface area contributed by atoms with Crippen molar-refractivity contribution in [2.75, 3.05) is 7.11 Å². The second kappa shape index (κ2) is 6.16. The molecule has 2 heteroatoms. The average molecular weight is 271 g/mol. The molecule has 0 N–H and O–H groups in total. The molecule has 84 valence electrons. The first-order valence-corrected chi connectivity index (χ1v) is 6.39. The van der Waals surface area contributed by atoms with Crippen LogP contribution < -0.4 is 4.74 Å². The first-order valence-electron chi connectivity index (χ1n) is 5.47. The number of methoxy groups -OCH3 is 1. The van der Waals surface area contributed by atoms with Gasteiger partial charge >= 0.3 is 0 Å². The van der Waals surface area contributed by atoms with Crippen LogP contribution in [0, 0.1) is 0 Å². The zero-order valence-corrected chi connectivity index (χ0v) is 11.3. The molecule has 1 aromatic rings. The fraction of sp³-hybridized carbons (Fsp3) is 0.538. The molecule has 0 fully saturated rings. The van der Waals surface area contributed by atoms with E-state index in [1.165, 1.54) is 18.4 Å². The van der Waals surface area contributed by atoms with E-state index in [0.717, 1.165) is 5.75 Å². The number of hydrogen-bond donors (Lipinski definition) is 0. The molecule has 2 unspecified atom stereocenters. The van der Waals surface area contributed by atoms with Crippen molar-refractivity contribution in [1.29, 1.82) is 0 Å². The number of hydrogen-bond acceptors (Lipinski definition) is 1. The fourth-order valence-electron chi connectivity index (χ4n) is 1.76. The minimum absolute atomic E-state index is 0.487. The standard InChI is InChI=1S/C13H19BrO/c1-4-7-12(14)10(2)11-8-5-6-9-13(11)15-3/h5-6,8-10,12H,4,7H2,1-3H3. The average Bonchev–Trinajstić information content (AvgIpc) is 2.28. The Kier molecular flexibility index (Phi) is 5.16. The highest BCUT2D eigenvalue weighted by atomic mass is 79.9. The maximum Gasteiger partial charge on any atom is 0.122 e. The summed E-state index contributed by atoms with van der Waals surface area (Å²) in [6.45, 7) is 4.45. The van der Waals surface area contributed by atoms with Gasteiger partial charge in [0.1, 0.15) is 5.75 Å². The highest BCUT2D eigenvalue weighted by molar-refractivity contribution is 9.09. The lowest BCUT2D eigenvalue weighted by atomic mass is 9.94. The molecule has 2 atom stereocenters. The quantitative estimate of drug-likeness (QED) is 0.723. The lowest BCUT2D eigenvalue weighted by Gasteiger charge is -2.20. The van der Waals surface area contributed by atoms with E-state index in [2.05, 4.69) is 41.9 Å². The molecule has 0 aliphatic carbocycles. The van der Waals surface area contributed by atoms with Crippen LogP contribution in [0.3, 0.4) is 0 Å². The van der Waals surface area contributed by atoms with Crippen LogP contribution in [0.15, 0.2) is 24.3 Å². The van der Waals surface area contributed by atoms with E-state index in [1.54, 1.807) is 7.11 Å². The number of ether oxygens (including phenoxy) is 1. The van der Waals surface area contributed by atoms with Crippen molar-refractivity contribution < 1.29 is 4.74 Å². The van der Waals surface area contributed by atoms with E-state index in [9.17, 15) is 0 Å². The summed E-state index contributed by atoms with van der Waals surface area (Å²) in [6, 6.07) is 8.25. The SMILES string of the molecule is CCCC(Br)C(C)c1ccccc1OC. The van der Waals surface area contributed by atoms with Crippen molar-refractivity contribution in [3.05, 3.63) is 29.8 Å². The smallest absolute Gasteiger partial charge is 0.122 e. The molecule has 0 aromatic heterocycles. The Labute approximate surface area is 101 Å². The highest BCUT2D eigenvalue weighted by Gasteiger charge is 2.18. The molecule has 1 rings (SSSR count). The van der Waals surface area contributed by atoms with Crippen molar-refractivity contribution in [2.24, 2.45) is 0 Å². The topological polar surface area (TPSA) is 9.23 Å². The minimum Gasteiger partial charge on any atom is -0.496 e. The zero-order chi connectivity index (χ0) is 11.3. The number of alkyl halides is 1. The van der Waals surface area contributed by atoms with Crippen LogP contribution in [0.5, 0.6) is 5.75 Å². The summed E-state index contributed by atoms with van der Waals surface area (Å²) in [4.78, 5) is 0.527. The van der Waals surface area contributed by atoms with Gasteiger partial charge in [0.2, 0.25) is 0 Å². The van der Waals surface area contributed by atoms with Gasteiger partial charge in [-0.3, -0.25) is 0 Å². The van der Waals surface area contributed by atoms with Crippen molar-refractivity contribution in [1.82, 2.24) is 0 Å². The second-order valence-corrected chi connectivity index (χ2v) is 5.01. The second-order valence-electron chi connectivity index (χ2n) is 3.84. The summed E-state index contributed by atoms with van der Waals surface area (Å²) in [6.07, 6.45) is 2.40. The van der Waals surface area contributed by atoms with E-state index >= 15 is 0 Å². The van der Waals surface area contributed by atoms with Crippen LogP contribution in [0.25, 0.3) is 0 Å². The molecular weight excluding hydrogens is 252 g/mol. The summed E-state index contributed by atoms with van der Waals surface area (Å²) < 4.78 is 5.37. The summed E-state index contributed by atoms with van der Waals surface area (Å²) >= 11 is 3.75. The lowest BCUT2D eigenvalue weighted by molar-refractivity contribution is 0.405. The molecule has 0 heterocycles. The predicted octanol–water partition coefficient (Wildman–Crippen LogP) is 4.36. The highest BCUT2D eigenvalue weighted by Crippen LogP contribution is 2.33. The van der Waals surface area contributed by atoms with Crippen molar-refractivity contribution in [2.45, 2.75) is 37.4 Å². The molecule has 0 spiro atoms. The maximum atomic E-state index is 5.37. The van der Waals surface area contributed by atoms with Gasteiger partial charge in [0.25, 0.3) is 0 Å². The van der Waals surface area contributed by atoms with Crippen LogP contribution in [-0.2, 0) is 0 Å². The van der Waals surface area contributed by atoms with Gasteiger partial charge in [-0.2, -0.15) is 0 Å². The van der Waals surface area contributed by atoms with Crippen LogP contribution in [0.2, 0.25) is 0 Å². The molecule has 0 saturated carbocycles. The van der Waals surface area contributed by atoms with Gasteiger partial charge in [-0.1, -0.05) is 54.4 Å². The molecule has 0 bridgehead atoms. The first kappa shape index (κ1) is 12.6. The molecule has 0 aliphatic rings. The van der Waals surface area contributed by atoms with Crippen molar-refractivity contribution >= 4 is 15.9 Å². The number of halogens is 1. The Hall–Kier alpha value is -0.500. The monoisotopic (exact) mass is 270 g/mol. The van der Waals surface area contributed by atoms with E-state index in [0.29, 0.717) is 10.7 Å². The van der Waals surface area contributed by atoms with Gasteiger partial charge in [0.15, 0.2) is 0 Å². The summed E-state index contributed by atoms with van der Waals surface area (Å²) in [5.41, 5.74) is 1.29. The third kappa shape index (κ3) is 3.23. The molecular formula is C13H19BrO. The van der Waals surface area contributed by atoms with Gasteiger partial charge in [0.05, 0.1) is 7.11 Å². The third-order valence-corrected chi connectivity index (χ3v) is 3.99. The van der Waals surface area contributed by atoms with Gasteiger partial charge in [-0.25, -0.2) is 0 Å². The number of benzene rings is 1. The molecule has 0 amide bonds. The van der Waals surface area contributed by atoms with Gasteiger partial charge in [0, 0.05) is 4.83 Å². The van der Waals surface area contributed by atoms with E-state index < -0.39 is 0 Å². The van der Waals surface area contributed by atoms with E-state index in [1.807, 2.05) is 12.1 Å². The minimum atomic E-state index is 0.487. The zero-order valence-electron chi connectivity index (χ0n) is 9.66. The number of rotatable bonds is 5. The van der Waals surface area contributed by atoms with Gasteiger partial charge in [-0.15, -0.1) is 0 Å². The van der Waals surface area contributed by atoms with Crippen LogP contribution in [-0.4, -0.2) is 11.9 Å². The summed E-state index contributed by atoms with van der Waals surface area (Å²) in [5, 5.41) is 0. The van der Waals surface area contributed by atoms with Gasteiger partial charge in [-0.05, 0) is 24.0 Å². The van der Waals surface area contributed by atoms with E-state index in [-0.39, 0.29) is 0 Å². The summed E-state index contributed by atoms with van der Waals surface area (Å²) in [5.74, 6) is 1.48. The summed E-state index contributed by atoms with van der Waals surface area (Å²) in [7, 11) is 1.73. The van der Waals surface area contributed by atoms with Crippen LogP contribution in [0.1, 0.15) is 38.2 Å².